The number of alkyl halides is 1. The van der Waals surface area contributed by atoms with Gasteiger partial charge in [-0.15, -0.1) is 0 Å². The Labute approximate surface area is 117 Å². The Balaban J connectivity index is 1.62. The van der Waals surface area contributed by atoms with E-state index in [-0.39, 0.29) is 0 Å². The molecule has 0 aromatic carbocycles. The molecule has 3 unspecified atom stereocenters. The van der Waals surface area contributed by atoms with Crippen LogP contribution >= 0.6 is 15.9 Å². The standard InChI is InChI=1S/C14H20BrN3/c1-18(14-16-7-11(6-15)8-17-14)9-13-5-10-2-3-12(13)4-10/h7-8,10,12-13H,2-6,9H2,1H3. The molecule has 1 aromatic rings. The Hall–Kier alpha value is -0.640. The fourth-order valence-electron chi connectivity index (χ4n) is 3.65. The normalized spacial score (nSPS) is 29.8. The molecule has 18 heavy (non-hydrogen) atoms. The molecular weight excluding hydrogens is 290 g/mol. The number of fused-ring (bicyclic) bond motifs is 2. The number of anilines is 1. The van der Waals surface area contributed by atoms with Crippen molar-refractivity contribution in [2.75, 3.05) is 18.5 Å². The van der Waals surface area contributed by atoms with Gasteiger partial charge in [-0.25, -0.2) is 9.97 Å². The van der Waals surface area contributed by atoms with Crippen molar-refractivity contribution < 1.29 is 0 Å². The third-order valence-electron chi connectivity index (χ3n) is 4.58. The van der Waals surface area contributed by atoms with Crippen molar-refractivity contribution in [2.45, 2.75) is 31.0 Å². The molecule has 4 heteroatoms. The molecule has 2 aliphatic rings. The monoisotopic (exact) mass is 309 g/mol. The van der Waals surface area contributed by atoms with Crippen LogP contribution in [-0.2, 0) is 5.33 Å². The van der Waals surface area contributed by atoms with Crippen LogP contribution in [0, 0.1) is 17.8 Å². The Morgan fingerprint density at radius 2 is 2.06 bits per heavy atom. The van der Waals surface area contributed by atoms with Crippen LogP contribution in [0.3, 0.4) is 0 Å². The van der Waals surface area contributed by atoms with Crippen LogP contribution < -0.4 is 4.90 Å². The lowest BCUT2D eigenvalue weighted by molar-refractivity contribution is 0.336. The Morgan fingerprint density at radius 1 is 1.28 bits per heavy atom. The van der Waals surface area contributed by atoms with E-state index in [0.717, 1.165) is 41.1 Å². The summed E-state index contributed by atoms with van der Waals surface area (Å²) in [5.41, 5.74) is 1.13. The van der Waals surface area contributed by atoms with E-state index in [2.05, 4.69) is 37.8 Å². The van der Waals surface area contributed by atoms with Gasteiger partial charge >= 0.3 is 0 Å². The van der Waals surface area contributed by atoms with Crippen LogP contribution in [-0.4, -0.2) is 23.6 Å². The zero-order chi connectivity index (χ0) is 12.5. The topological polar surface area (TPSA) is 29.0 Å². The zero-order valence-corrected chi connectivity index (χ0v) is 12.4. The van der Waals surface area contributed by atoms with Crippen molar-refractivity contribution in [2.24, 2.45) is 17.8 Å². The summed E-state index contributed by atoms with van der Waals surface area (Å²) in [4.78, 5) is 11.1. The molecule has 0 N–H and O–H groups in total. The number of nitrogens with zero attached hydrogens (tertiary/aromatic N) is 3. The predicted molar refractivity (Wildman–Crippen MR) is 76.9 cm³/mol. The van der Waals surface area contributed by atoms with Crippen LogP contribution in [0.15, 0.2) is 12.4 Å². The zero-order valence-electron chi connectivity index (χ0n) is 10.8. The summed E-state index contributed by atoms with van der Waals surface area (Å²) >= 11 is 3.42. The van der Waals surface area contributed by atoms with E-state index in [1.165, 1.54) is 25.7 Å². The number of aromatic nitrogens is 2. The Morgan fingerprint density at radius 3 is 2.61 bits per heavy atom. The van der Waals surface area contributed by atoms with E-state index < -0.39 is 0 Å². The molecule has 2 bridgehead atoms. The van der Waals surface area contributed by atoms with Crippen LogP contribution in [0.5, 0.6) is 0 Å². The molecular formula is C14H20BrN3. The molecule has 2 aliphatic carbocycles. The van der Waals surface area contributed by atoms with Gasteiger partial charge in [-0.3, -0.25) is 0 Å². The van der Waals surface area contributed by atoms with Crippen molar-refractivity contribution in [1.82, 2.24) is 9.97 Å². The largest absolute Gasteiger partial charge is 0.344 e. The molecule has 1 heterocycles. The first kappa shape index (κ1) is 12.4. The summed E-state index contributed by atoms with van der Waals surface area (Å²) in [6.07, 6.45) is 9.65. The van der Waals surface area contributed by atoms with Crippen LogP contribution in [0.25, 0.3) is 0 Å². The molecule has 0 aliphatic heterocycles. The SMILES string of the molecule is CN(CC1CC2CCC1C2)c1ncc(CBr)cn1. The molecule has 2 saturated carbocycles. The maximum absolute atomic E-state index is 4.44. The molecule has 3 nitrogen and oxygen atoms in total. The van der Waals surface area contributed by atoms with E-state index in [1.54, 1.807) is 0 Å². The van der Waals surface area contributed by atoms with Crippen molar-refractivity contribution in [3.05, 3.63) is 18.0 Å². The quantitative estimate of drug-likeness (QED) is 0.800. The molecule has 0 saturated heterocycles. The van der Waals surface area contributed by atoms with Crippen molar-refractivity contribution in [3.63, 3.8) is 0 Å². The molecule has 0 spiro atoms. The second kappa shape index (κ2) is 5.16. The van der Waals surface area contributed by atoms with Gasteiger partial charge in [-0.2, -0.15) is 0 Å². The highest BCUT2D eigenvalue weighted by molar-refractivity contribution is 9.08. The molecule has 98 valence electrons. The summed E-state index contributed by atoms with van der Waals surface area (Å²) in [6, 6.07) is 0. The number of rotatable bonds is 4. The van der Waals surface area contributed by atoms with E-state index in [0.29, 0.717) is 0 Å². The lowest BCUT2D eigenvalue weighted by Gasteiger charge is -2.27. The first-order valence-electron chi connectivity index (χ1n) is 6.84. The average Bonchev–Trinajstić information content (AvgIpc) is 3.01. The van der Waals surface area contributed by atoms with Crippen LogP contribution in [0.1, 0.15) is 31.2 Å². The molecule has 0 radical (unpaired) electrons. The lowest BCUT2D eigenvalue weighted by Crippen LogP contribution is -2.29. The minimum absolute atomic E-state index is 0.823. The Kier molecular flexibility index (Phi) is 3.55. The molecule has 0 amide bonds. The second-order valence-corrected chi connectivity index (χ2v) is 6.40. The van der Waals surface area contributed by atoms with Crippen LogP contribution in [0.4, 0.5) is 5.95 Å². The summed E-state index contributed by atoms with van der Waals surface area (Å²) in [6.45, 7) is 1.12. The number of hydrogen-bond donors (Lipinski definition) is 0. The maximum Gasteiger partial charge on any atom is 0.225 e. The number of hydrogen-bond acceptors (Lipinski definition) is 3. The number of halogens is 1. The van der Waals surface area contributed by atoms with Gasteiger partial charge in [0.2, 0.25) is 5.95 Å². The first-order valence-corrected chi connectivity index (χ1v) is 7.96. The van der Waals surface area contributed by atoms with Crippen LogP contribution in [0.2, 0.25) is 0 Å². The first-order chi connectivity index (χ1) is 8.76. The van der Waals surface area contributed by atoms with Gasteiger partial charge in [-0.1, -0.05) is 22.4 Å². The highest BCUT2D eigenvalue weighted by Crippen LogP contribution is 2.48. The van der Waals surface area contributed by atoms with Gasteiger partial charge < -0.3 is 4.90 Å². The molecule has 1 aromatic heterocycles. The molecule has 2 fully saturated rings. The summed E-state index contributed by atoms with van der Waals surface area (Å²) < 4.78 is 0. The Bertz CT molecular complexity index is 406. The van der Waals surface area contributed by atoms with E-state index in [1.807, 2.05) is 12.4 Å². The van der Waals surface area contributed by atoms with Gasteiger partial charge in [0.05, 0.1) is 0 Å². The minimum atomic E-state index is 0.823. The fourth-order valence-corrected chi connectivity index (χ4v) is 3.94. The summed E-state index contributed by atoms with van der Waals surface area (Å²) in [5, 5.41) is 0.823. The van der Waals surface area contributed by atoms with Gasteiger partial charge in [0.15, 0.2) is 0 Å². The second-order valence-electron chi connectivity index (χ2n) is 5.84. The fraction of sp³-hybridized carbons (Fsp3) is 0.714. The van der Waals surface area contributed by atoms with Crippen molar-refractivity contribution in [1.29, 1.82) is 0 Å². The molecule has 3 atom stereocenters. The van der Waals surface area contributed by atoms with Gasteiger partial charge in [0.1, 0.15) is 0 Å². The molecule has 3 rings (SSSR count). The van der Waals surface area contributed by atoms with E-state index >= 15 is 0 Å². The highest BCUT2D eigenvalue weighted by atomic mass is 79.9. The average molecular weight is 310 g/mol. The predicted octanol–water partition coefficient (Wildman–Crippen LogP) is 3.24. The minimum Gasteiger partial charge on any atom is -0.344 e. The van der Waals surface area contributed by atoms with E-state index in [4.69, 9.17) is 0 Å². The van der Waals surface area contributed by atoms with Gasteiger partial charge in [0.25, 0.3) is 0 Å². The van der Waals surface area contributed by atoms with Gasteiger partial charge in [0, 0.05) is 31.3 Å². The van der Waals surface area contributed by atoms with E-state index in [9.17, 15) is 0 Å². The third kappa shape index (κ3) is 2.40. The highest BCUT2D eigenvalue weighted by Gasteiger charge is 2.39. The summed E-state index contributed by atoms with van der Waals surface area (Å²) in [5.74, 6) is 3.72. The van der Waals surface area contributed by atoms with Crippen molar-refractivity contribution >= 4 is 21.9 Å². The smallest absolute Gasteiger partial charge is 0.225 e. The lowest BCUT2D eigenvalue weighted by atomic mass is 9.88. The maximum atomic E-state index is 4.44. The van der Waals surface area contributed by atoms with Gasteiger partial charge in [-0.05, 0) is 42.6 Å². The summed E-state index contributed by atoms with van der Waals surface area (Å²) in [7, 11) is 2.12. The third-order valence-corrected chi connectivity index (χ3v) is 5.23. The van der Waals surface area contributed by atoms with Crippen molar-refractivity contribution in [3.8, 4) is 0 Å².